The van der Waals surface area contributed by atoms with Gasteiger partial charge in [-0.15, -0.1) is 0 Å². The lowest BCUT2D eigenvalue weighted by Crippen LogP contribution is -2.35. The monoisotopic (exact) mass is 337 g/mol. The molecule has 0 aliphatic carbocycles. The van der Waals surface area contributed by atoms with E-state index in [0.717, 1.165) is 5.56 Å². The SMILES string of the molecule is CC(C)OCC(C)(C)OCCNCCC(=O)OCc1ccccc1. The van der Waals surface area contributed by atoms with Crippen LogP contribution in [-0.4, -0.2) is 44.0 Å². The van der Waals surface area contributed by atoms with E-state index in [1.807, 2.05) is 58.0 Å². The first-order valence-corrected chi connectivity index (χ1v) is 8.55. The molecule has 5 nitrogen and oxygen atoms in total. The van der Waals surface area contributed by atoms with Gasteiger partial charge in [-0.3, -0.25) is 4.79 Å². The van der Waals surface area contributed by atoms with Crippen molar-refractivity contribution in [1.29, 1.82) is 0 Å². The van der Waals surface area contributed by atoms with Crippen LogP contribution in [0.2, 0.25) is 0 Å². The highest BCUT2D eigenvalue weighted by atomic mass is 16.5. The molecule has 0 radical (unpaired) electrons. The molecule has 24 heavy (non-hydrogen) atoms. The van der Waals surface area contributed by atoms with Gasteiger partial charge in [-0.25, -0.2) is 0 Å². The van der Waals surface area contributed by atoms with Crippen molar-refractivity contribution in [2.75, 3.05) is 26.3 Å². The molecule has 0 bridgehead atoms. The highest BCUT2D eigenvalue weighted by Gasteiger charge is 2.19. The number of rotatable bonds is 12. The molecule has 136 valence electrons. The Morgan fingerprint density at radius 2 is 1.88 bits per heavy atom. The molecule has 1 aromatic rings. The number of carbonyl (C=O) groups excluding carboxylic acids is 1. The fourth-order valence-electron chi connectivity index (χ4n) is 1.93. The van der Waals surface area contributed by atoms with Crippen LogP contribution in [0, 0.1) is 0 Å². The molecule has 1 N–H and O–H groups in total. The molecule has 0 unspecified atom stereocenters. The zero-order chi connectivity index (χ0) is 17.8. The van der Waals surface area contributed by atoms with Crippen molar-refractivity contribution in [1.82, 2.24) is 5.32 Å². The summed E-state index contributed by atoms with van der Waals surface area (Å²) in [7, 11) is 0. The number of hydrogen-bond donors (Lipinski definition) is 1. The van der Waals surface area contributed by atoms with Crippen LogP contribution in [0.15, 0.2) is 30.3 Å². The van der Waals surface area contributed by atoms with E-state index in [1.54, 1.807) is 0 Å². The first kappa shape index (κ1) is 20.6. The quantitative estimate of drug-likeness (QED) is 0.469. The van der Waals surface area contributed by atoms with Crippen LogP contribution in [0.1, 0.15) is 39.7 Å². The van der Waals surface area contributed by atoms with Crippen molar-refractivity contribution in [2.24, 2.45) is 0 Å². The first-order chi connectivity index (χ1) is 11.4. The van der Waals surface area contributed by atoms with Crippen LogP contribution in [0.4, 0.5) is 0 Å². The third-order valence-electron chi connectivity index (χ3n) is 3.28. The predicted molar refractivity (Wildman–Crippen MR) is 94.8 cm³/mol. The second-order valence-electron chi connectivity index (χ2n) is 6.61. The van der Waals surface area contributed by atoms with Gasteiger partial charge in [-0.05, 0) is 33.3 Å². The summed E-state index contributed by atoms with van der Waals surface area (Å²) in [5.74, 6) is -0.196. The first-order valence-electron chi connectivity index (χ1n) is 8.55. The summed E-state index contributed by atoms with van der Waals surface area (Å²) < 4.78 is 16.6. The molecule has 5 heteroatoms. The lowest BCUT2D eigenvalue weighted by Gasteiger charge is -2.26. The van der Waals surface area contributed by atoms with Crippen molar-refractivity contribution in [3.8, 4) is 0 Å². The van der Waals surface area contributed by atoms with Gasteiger partial charge in [0, 0.05) is 13.1 Å². The van der Waals surface area contributed by atoms with E-state index in [4.69, 9.17) is 14.2 Å². The largest absolute Gasteiger partial charge is 0.461 e. The molecule has 1 rings (SSSR count). The average molecular weight is 337 g/mol. The van der Waals surface area contributed by atoms with Gasteiger partial charge in [0.15, 0.2) is 0 Å². The highest BCUT2D eigenvalue weighted by molar-refractivity contribution is 5.69. The standard InChI is InChI=1S/C19H31NO4/c1-16(2)23-15-19(3,4)24-13-12-20-11-10-18(21)22-14-17-8-6-5-7-9-17/h5-9,16,20H,10-15H2,1-4H3. The minimum Gasteiger partial charge on any atom is -0.461 e. The molecule has 0 atom stereocenters. The molecule has 0 aliphatic rings. The average Bonchev–Trinajstić information content (AvgIpc) is 2.55. The lowest BCUT2D eigenvalue weighted by molar-refractivity contribution is -0.144. The summed E-state index contributed by atoms with van der Waals surface area (Å²) in [5, 5.41) is 3.19. The zero-order valence-corrected chi connectivity index (χ0v) is 15.3. The number of hydrogen-bond acceptors (Lipinski definition) is 5. The maximum atomic E-state index is 11.6. The van der Waals surface area contributed by atoms with Crippen LogP contribution in [-0.2, 0) is 25.6 Å². The molecule has 0 saturated heterocycles. The smallest absolute Gasteiger partial charge is 0.307 e. The van der Waals surface area contributed by atoms with Crippen LogP contribution < -0.4 is 5.32 Å². The van der Waals surface area contributed by atoms with Gasteiger partial charge in [-0.1, -0.05) is 30.3 Å². The second kappa shape index (κ2) is 11.2. The van der Waals surface area contributed by atoms with Gasteiger partial charge in [-0.2, -0.15) is 0 Å². The van der Waals surface area contributed by atoms with Crippen molar-refractivity contribution in [3.05, 3.63) is 35.9 Å². The Bertz CT molecular complexity index is 460. The number of benzene rings is 1. The molecule has 0 aromatic heterocycles. The second-order valence-corrected chi connectivity index (χ2v) is 6.61. The van der Waals surface area contributed by atoms with Gasteiger partial charge < -0.3 is 19.5 Å². The lowest BCUT2D eigenvalue weighted by atomic mass is 10.1. The highest BCUT2D eigenvalue weighted by Crippen LogP contribution is 2.10. The Morgan fingerprint density at radius 1 is 1.17 bits per heavy atom. The summed E-state index contributed by atoms with van der Waals surface area (Å²) in [4.78, 5) is 11.6. The minimum atomic E-state index is -0.305. The summed E-state index contributed by atoms with van der Waals surface area (Å²) in [6.45, 7) is 10.8. The molecular formula is C19H31NO4. The Kier molecular flexibility index (Phi) is 9.60. The third kappa shape index (κ3) is 10.4. The van der Waals surface area contributed by atoms with Crippen molar-refractivity contribution in [3.63, 3.8) is 0 Å². The van der Waals surface area contributed by atoms with Gasteiger partial charge >= 0.3 is 5.97 Å². The maximum Gasteiger partial charge on any atom is 0.307 e. The topological polar surface area (TPSA) is 56.8 Å². The number of carbonyl (C=O) groups is 1. The van der Waals surface area contributed by atoms with Crippen molar-refractivity contribution in [2.45, 2.75) is 52.4 Å². The molecule has 0 aliphatic heterocycles. The molecule has 0 saturated carbocycles. The summed E-state index contributed by atoms with van der Waals surface area (Å²) >= 11 is 0. The van der Waals surface area contributed by atoms with Gasteiger partial charge in [0.05, 0.1) is 31.3 Å². The normalized spacial score (nSPS) is 11.7. The van der Waals surface area contributed by atoms with Gasteiger partial charge in [0.2, 0.25) is 0 Å². The van der Waals surface area contributed by atoms with E-state index in [9.17, 15) is 4.79 Å². The van der Waals surface area contributed by atoms with E-state index in [2.05, 4.69) is 5.32 Å². The maximum absolute atomic E-state index is 11.6. The van der Waals surface area contributed by atoms with Gasteiger partial charge in [0.1, 0.15) is 6.61 Å². The zero-order valence-electron chi connectivity index (χ0n) is 15.3. The fraction of sp³-hybridized carbons (Fsp3) is 0.632. The molecular weight excluding hydrogens is 306 g/mol. The Morgan fingerprint density at radius 3 is 2.54 bits per heavy atom. The van der Waals surface area contributed by atoms with Crippen molar-refractivity contribution >= 4 is 5.97 Å². The molecule has 1 aromatic carbocycles. The van der Waals surface area contributed by atoms with Gasteiger partial charge in [0.25, 0.3) is 0 Å². The van der Waals surface area contributed by atoms with Crippen LogP contribution in [0.3, 0.4) is 0 Å². The van der Waals surface area contributed by atoms with E-state index in [-0.39, 0.29) is 17.7 Å². The van der Waals surface area contributed by atoms with Crippen LogP contribution in [0.25, 0.3) is 0 Å². The molecule has 0 amide bonds. The molecule has 0 spiro atoms. The minimum absolute atomic E-state index is 0.196. The summed E-state index contributed by atoms with van der Waals surface area (Å²) in [6, 6.07) is 9.67. The van der Waals surface area contributed by atoms with Crippen LogP contribution in [0.5, 0.6) is 0 Å². The van der Waals surface area contributed by atoms with E-state index in [1.165, 1.54) is 0 Å². The molecule has 0 heterocycles. The Balaban J connectivity index is 2.02. The van der Waals surface area contributed by atoms with E-state index in [0.29, 0.717) is 39.3 Å². The van der Waals surface area contributed by atoms with E-state index >= 15 is 0 Å². The number of nitrogens with one attached hydrogen (secondary N) is 1. The number of esters is 1. The fourth-order valence-corrected chi connectivity index (χ4v) is 1.93. The molecule has 0 fully saturated rings. The predicted octanol–water partition coefficient (Wildman–Crippen LogP) is 2.93. The summed E-state index contributed by atoms with van der Waals surface area (Å²) in [6.07, 6.45) is 0.556. The third-order valence-corrected chi connectivity index (χ3v) is 3.28. The van der Waals surface area contributed by atoms with Crippen molar-refractivity contribution < 1.29 is 19.0 Å². The number of ether oxygens (including phenoxy) is 3. The Labute approximate surface area is 145 Å². The van der Waals surface area contributed by atoms with Crippen LogP contribution >= 0.6 is 0 Å². The Hall–Kier alpha value is -1.43. The van der Waals surface area contributed by atoms with E-state index < -0.39 is 0 Å². The summed E-state index contributed by atoms with van der Waals surface area (Å²) in [5.41, 5.74) is 0.693.